The van der Waals surface area contributed by atoms with Crippen molar-refractivity contribution >= 4 is 43.5 Å². The van der Waals surface area contributed by atoms with Crippen LogP contribution in [-0.2, 0) is 26.2 Å². The third-order valence-electron chi connectivity index (χ3n) is 5.98. The number of amides is 2. The fourth-order valence-electron chi connectivity index (χ4n) is 3.73. The van der Waals surface area contributed by atoms with E-state index in [0.29, 0.717) is 17.9 Å². The summed E-state index contributed by atoms with van der Waals surface area (Å²) in [6, 6.07) is 11.5. The summed E-state index contributed by atoms with van der Waals surface area (Å²) >= 11 is 3.42. The summed E-state index contributed by atoms with van der Waals surface area (Å²) < 4.78 is 32.7. The van der Waals surface area contributed by atoms with Gasteiger partial charge < -0.3 is 15.0 Å². The molecule has 0 aromatic heterocycles. The summed E-state index contributed by atoms with van der Waals surface area (Å²) in [5.74, 6) is -0.122. The van der Waals surface area contributed by atoms with Crippen LogP contribution in [0.4, 0.5) is 5.69 Å². The molecule has 8 nitrogen and oxygen atoms in total. The molecule has 0 aliphatic heterocycles. The monoisotopic (exact) mass is 581 g/mol. The number of ether oxygens (including phenoxy) is 1. The highest BCUT2D eigenvalue weighted by molar-refractivity contribution is 9.10. The SMILES string of the molecule is CCC(C)NC(=O)C(CC)N(Cc1cccc(OC)c1)C(=O)CN(c1ccc(Br)c(C)c1)S(C)(=O)=O. The van der Waals surface area contributed by atoms with Crippen LogP contribution in [0.1, 0.15) is 44.7 Å². The first-order chi connectivity index (χ1) is 16.9. The lowest BCUT2D eigenvalue weighted by atomic mass is 10.1. The molecule has 0 bridgehead atoms. The van der Waals surface area contributed by atoms with Crippen molar-refractivity contribution in [2.24, 2.45) is 0 Å². The predicted molar refractivity (Wildman–Crippen MR) is 147 cm³/mol. The lowest BCUT2D eigenvalue weighted by Crippen LogP contribution is -2.53. The zero-order valence-corrected chi connectivity index (χ0v) is 24.1. The maximum atomic E-state index is 13.7. The van der Waals surface area contributed by atoms with Crippen LogP contribution in [0.3, 0.4) is 0 Å². The van der Waals surface area contributed by atoms with E-state index in [1.54, 1.807) is 37.4 Å². The van der Waals surface area contributed by atoms with E-state index in [2.05, 4.69) is 21.2 Å². The number of nitrogens with zero attached hydrogens (tertiary/aromatic N) is 2. The molecule has 2 atom stereocenters. The van der Waals surface area contributed by atoms with E-state index in [1.165, 1.54) is 4.90 Å². The van der Waals surface area contributed by atoms with E-state index in [9.17, 15) is 18.0 Å². The fraction of sp³-hybridized carbons (Fsp3) is 0.462. The normalized spacial score (nSPS) is 13.0. The summed E-state index contributed by atoms with van der Waals surface area (Å²) in [4.78, 5) is 28.4. The smallest absolute Gasteiger partial charge is 0.244 e. The van der Waals surface area contributed by atoms with Crippen LogP contribution >= 0.6 is 15.9 Å². The van der Waals surface area contributed by atoms with Crippen LogP contribution in [0, 0.1) is 6.92 Å². The maximum absolute atomic E-state index is 13.7. The fourth-order valence-corrected chi connectivity index (χ4v) is 4.81. The summed E-state index contributed by atoms with van der Waals surface area (Å²) in [5, 5.41) is 2.96. The second-order valence-corrected chi connectivity index (χ2v) is 11.6. The molecule has 1 N–H and O–H groups in total. The average molecular weight is 583 g/mol. The quantitative estimate of drug-likeness (QED) is 0.404. The van der Waals surface area contributed by atoms with Crippen LogP contribution in [0.2, 0.25) is 0 Å². The molecule has 198 valence electrons. The zero-order valence-electron chi connectivity index (χ0n) is 21.7. The Hall–Kier alpha value is -2.59. The van der Waals surface area contributed by atoms with Crippen molar-refractivity contribution < 1.29 is 22.7 Å². The Bertz CT molecular complexity index is 1170. The van der Waals surface area contributed by atoms with Crippen molar-refractivity contribution in [3.8, 4) is 5.75 Å². The van der Waals surface area contributed by atoms with Gasteiger partial charge in [-0.15, -0.1) is 0 Å². The van der Waals surface area contributed by atoms with Crippen molar-refractivity contribution in [2.75, 3.05) is 24.2 Å². The predicted octanol–water partition coefficient (Wildman–Crippen LogP) is 4.25. The molecule has 0 fully saturated rings. The molecule has 36 heavy (non-hydrogen) atoms. The molecule has 2 aromatic rings. The van der Waals surface area contributed by atoms with Gasteiger partial charge in [-0.1, -0.05) is 41.9 Å². The van der Waals surface area contributed by atoms with Gasteiger partial charge in [0.2, 0.25) is 21.8 Å². The van der Waals surface area contributed by atoms with Gasteiger partial charge in [0, 0.05) is 17.1 Å². The number of methoxy groups -OCH3 is 1. The number of carbonyl (C=O) groups excluding carboxylic acids is 2. The van der Waals surface area contributed by atoms with Gasteiger partial charge in [0.25, 0.3) is 0 Å². The Morgan fingerprint density at radius 2 is 1.81 bits per heavy atom. The van der Waals surface area contributed by atoms with Gasteiger partial charge in [-0.2, -0.15) is 0 Å². The first-order valence-electron chi connectivity index (χ1n) is 11.9. The summed E-state index contributed by atoms with van der Waals surface area (Å²) in [6.07, 6.45) is 2.18. The van der Waals surface area contributed by atoms with E-state index in [4.69, 9.17) is 4.74 Å². The van der Waals surface area contributed by atoms with E-state index in [-0.39, 0.29) is 18.5 Å². The van der Waals surface area contributed by atoms with Gasteiger partial charge in [0.1, 0.15) is 18.3 Å². The molecule has 10 heteroatoms. The number of benzene rings is 2. The molecule has 2 unspecified atom stereocenters. The third-order valence-corrected chi connectivity index (χ3v) is 8.01. The number of nitrogens with one attached hydrogen (secondary N) is 1. The molecule has 0 radical (unpaired) electrons. The number of halogens is 1. The minimum Gasteiger partial charge on any atom is -0.497 e. The van der Waals surface area contributed by atoms with Crippen molar-refractivity contribution in [1.29, 1.82) is 0 Å². The van der Waals surface area contributed by atoms with E-state index < -0.39 is 28.5 Å². The molecular formula is C26H36BrN3O5S. The number of anilines is 1. The molecule has 2 rings (SSSR count). The Labute approximate surface area is 223 Å². The molecule has 0 aliphatic rings. The summed E-state index contributed by atoms with van der Waals surface area (Å²) in [6.45, 7) is 7.24. The second kappa shape index (κ2) is 13.1. The Balaban J connectivity index is 2.47. The van der Waals surface area contributed by atoms with Crippen LogP contribution in [0.15, 0.2) is 46.9 Å². The van der Waals surface area contributed by atoms with Crippen molar-refractivity contribution in [2.45, 2.75) is 59.2 Å². The van der Waals surface area contributed by atoms with E-state index in [0.717, 1.165) is 32.6 Å². The van der Waals surface area contributed by atoms with Gasteiger partial charge in [0.15, 0.2) is 0 Å². The Kier molecular flexibility index (Phi) is 10.8. The van der Waals surface area contributed by atoms with Crippen LogP contribution in [-0.4, -0.2) is 57.1 Å². The third kappa shape index (κ3) is 7.96. The Morgan fingerprint density at radius 3 is 2.36 bits per heavy atom. The van der Waals surface area contributed by atoms with Gasteiger partial charge in [-0.05, 0) is 68.1 Å². The first-order valence-corrected chi connectivity index (χ1v) is 14.5. The maximum Gasteiger partial charge on any atom is 0.244 e. The molecule has 2 amide bonds. The number of carbonyl (C=O) groups is 2. The topological polar surface area (TPSA) is 96.0 Å². The second-order valence-electron chi connectivity index (χ2n) is 8.82. The van der Waals surface area contributed by atoms with E-state index in [1.807, 2.05) is 39.8 Å². The minimum absolute atomic E-state index is 0.0569. The lowest BCUT2D eigenvalue weighted by Gasteiger charge is -2.33. The largest absolute Gasteiger partial charge is 0.497 e. The van der Waals surface area contributed by atoms with Crippen LogP contribution in [0.25, 0.3) is 0 Å². The molecule has 0 spiro atoms. The Morgan fingerprint density at radius 1 is 1.11 bits per heavy atom. The molecule has 0 saturated heterocycles. The first kappa shape index (κ1) is 29.6. The van der Waals surface area contributed by atoms with Crippen molar-refractivity contribution in [3.05, 3.63) is 58.1 Å². The van der Waals surface area contributed by atoms with E-state index >= 15 is 0 Å². The standard InChI is InChI=1S/C26H36BrN3O5S/c1-7-19(4)28-26(32)24(8-2)29(16-20-10-9-11-22(15-20)35-5)25(31)17-30(36(6,33)34)21-12-13-23(27)18(3)14-21/h9-15,19,24H,7-8,16-17H2,1-6H3,(H,28,32). The number of hydrogen-bond acceptors (Lipinski definition) is 5. The van der Waals surface area contributed by atoms with Crippen molar-refractivity contribution in [3.63, 3.8) is 0 Å². The number of hydrogen-bond donors (Lipinski definition) is 1. The number of rotatable bonds is 12. The highest BCUT2D eigenvalue weighted by atomic mass is 79.9. The molecule has 2 aromatic carbocycles. The number of sulfonamides is 1. The lowest BCUT2D eigenvalue weighted by molar-refractivity contribution is -0.140. The molecule has 0 aliphatic carbocycles. The zero-order chi connectivity index (χ0) is 27.0. The highest BCUT2D eigenvalue weighted by Gasteiger charge is 2.32. The van der Waals surface area contributed by atoms with Crippen molar-refractivity contribution in [1.82, 2.24) is 10.2 Å². The van der Waals surface area contributed by atoms with Crippen LogP contribution in [0.5, 0.6) is 5.75 Å². The van der Waals surface area contributed by atoms with Gasteiger partial charge >= 0.3 is 0 Å². The minimum atomic E-state index is -3.79. The average Bonchev–Trinajstić information content (AvgIpc) is 2.83. The van der Waals surface area contributed by atoms with Gasteiger partial charge in [-0.25, -0.2) is 8.42 Å². The van der Waals surface area contributed by atoms with Gasteiger partial charge in [0.05, 0.1) is 19.1 Å². The molecule has 0 saturated carbocycles. The highest BCUT2D eigenvalue weighted by Crippen LogP contribution is 2.25. The van der Waals surface area contributed by atoms with Gasteiger partial charge in [-0.3, -0.25) is 13.9 Å². The summed E-state index contributed by atoms with van der Waals surface area (Å²) in [5.41, 5.74) is 1.98. The van der Waals surface area contributed by atoms with Crippen LogP contribution < -0.4 is 14.4 Å². The molecular weight excluding hydrogens is 546 g/mol. The number of aryl methyl sites for hydroxylation is 1. The summed E-state index contributed by atoms with van der Waals surface area (Å²) in [7, 11) is -2.23. The molecule has 0 heterocycles.